The van der Waals surface area contributed by atoms with Crippen LogP contribution in [0, 0.1) is 0 Å². The summed E-state index contributed by atoms with van der Waals surface area (Å²) in [5.74, 6) is -1.19. The number of hydrogen-bond acceptors (Lipinski definition) is 2. The number of carbonyl (C=O) groups excluding carboxylic acids is 1. The zero-order valence-corrected chi connectivity index (χ0v) is 11.5. The van der Waals surface area contributed by atoms with Crippen molar-refractivity contribution in [2.75, 3.05) is 19.6 Å². The van der Waals surface area contributed by atoms with Crippen molar-refractivity contribution in [3.05, 3.63) is 0 Å². The third-order valence-electron chi connectivity index (χ3n) is 3.61. The topological polar surface area (TPSA) is 60.9 Å². The third-order valence-corrected chi connectivity index (χ3v) is 3.61. The molecule has 1 N–H and O–H groups in total. The van der Waals surface area contributed by atoms with E-state index in [0.29, 0.717) is 17.7 Å². The predicted molar refractivity (Wildman–Crippen MR) is 65.3 cm³/mol. The molecule has 1 saturated heterocycles. The number of likely N-dealkylation sites (tertiary alicyclic amines) is 1. The molecule has 2 amide bonds. The molecule has 1 heterocycles. The number of urea groups is 1. The molecule has 1 unspecified atom stereocenters. The lowest BCUT2D eigenvalue weighted by molar-refractivity contribution is -0.152. The first kappa shape index (κ1) is 16.6. The number of aliphatic carboxylic acids is 1. The van der Waals surface area contributed by atoms with Crippen molar-refractivity contribution in [1.29, 1.82) is 0 Å². The lowest BCUT2D eigenvalue weighted by atomic mass is 9.89. The Kier molecular flexibility index (Phi) is 4.88. The number of halogens is 3. The predicted octanol–water partition coefficient (Wildman–Crippen LogP) is 2.32. The van der Waals surface area contributed by atoms with E-state index in [9.17, 15) is 27.9 Å². The van der Waals surface area contributed by atoms with Gasteiger partial charge in [0.25, 0.3) is 0 Å². The third kappa shape index (κ3) is 3.55. The molecule has 1 atom stereocenters. The normalized spacial score (nSPS) is 23.6. The molecular weight excluding hydrogens is 277 g/mol. The summed E-state index contributed by atoms with van der Waals surface area (Å²) in [6.45, 7) is 1.49. The van der Waals surface area contributed by atoms with Crippen molar-refractivity contribution in [1.82, 2.24) is 9.80 Å². The number of alkyl halides is 3. The maximum absolute atomic E-state index is 12.4. The monoisotopic (exact) mass is 296 g/mol. The second-order valence-electron chi connectivity index (χ2n) is 5.10. The first-order chi connectivity index (χ1) is 9.12. The van der Waals surface area contributed by atoms with Gasteiger partial charge in [0, 0.05) is 13.1 Å². The first-order valence-corrected chi connectivity index (χ1v) is 6.48. The van der Waals surface area contributed by atoms with Gasteiger partial charge in [-0.1, -0.05) is 0 Å². The van der Waals surface area contributed by atoms with Gasteiger partial charge in [0.1, 0.15) is 12.1 Å². The minimum atomic E-state index is -4.50. The van der Waals surface area contributed by atoms with Crippen LogP contribution in [0.1, 0.15) is 33.1 Å². The van der Waals surface area contributed by atoms with Gasteiger partial charge >= 0.3 is 18.2 Å². The van der Waals surface area contributed by atoms with E-state index in [1.807, 2.05) is 0 Å². The Bertz CT molecular complexity index is 387. The molecule has 0 aromatic heterocycles. The zero-order valence-electron chi connectivity index (χ0n) is 11.5. The maximum Gasteiger partial charge on any atom is 0.406 e. The van der Waals surface area contributed by atoms with Crippen LogP contribution in [0.2, 0.25) is 0 Å². The molecule has 8 heteroatoms. The van der Waals surface area contributed by atoms with Crippen LogP contribution < -0.4 is 0 Å². The standard InChI is InChI=1S/C12H19F3N2O3/c1-3-16(8-12(13,14)15)10(20)17-7-5-4-6-11(17,2)9(18)19/h3-8H2,1-2H3,(H,18,19). The van der Waals surface area contributed by atoms with Crippen LogP contribution in [-0.2, 0) is 4.79 Å². The molecule has 0 aromatic rings. The van der Waals surface area contributed by atoms with Crippen molar-refractivity contribution in [2.24, 2.45) is 0 Å². The number of carboxylic acids is 1. The maximum atomic E-state index is 12.4. The van der Waals surface area contributed by atoms with Crippen molar-refractivity contribution in [3.8, 4) is 0 Å². The molecule has 116 valence electrons. The van der Waals surface area contributed by atoms with Crippen molar-refractivity contribution < 1.29 is 27.9 Å². The summed E-state index contributed by atoms with van der Waals surface area (Å²) in [5.41, 5.74) is -1.44. The molecule has 0 aromatic carbocycles. The number of carboxylic acid groups (broad SMARTS) is 1. The van der Waals surface area contributed by atoms with Gasteiger partial charge in [-0.2, -0.15) is 13.2 Å². The summed E-state index contributed by atoms with van der Waals surface area (Å²) in [6.07, 6.45) is -3.02. The Morgan fingerprint density at radius 2 is 1.95 bits per heavy atom. The van der Waals surface area contributed by atoms with Gasteiger partial charge in [0.2, 0.25) is 0 Å². The molecule has 0 saturated carbocycles. The fraction of sp³-hybridized carbons (Fsp3) is 0.833. The highest BCUT2D eigenvalue weighted by atomic mass is 19.4. The van der Waals surface area contributed by atoms with Crippen LogP contribution in [0.3, 0.4) is 0 Å². The van der Waals surface area contributed by atoms with Crippen LogP contribution >= 0.6 is 0 Å². The van der Waals surface area contributed by atoms with Crippen LogP contribution in [0.4, 0.5) is 18.0 Å². The highest BCUT2D eigenvalue weighted by Crippen LogP contribution is 2.30. The second kappa shape index (κ2) is 5.88. The molecule has 5 nitrogen and oxygen atoms in total. The highest BCUT2D eigenvalue weighted by Gasteiger charge is 2.46. The number of nitrogens with zero attached hydrogens (tertiary/aromatic N) is 2. The van der Waals surface area contributed by atoms with Gasteiger partial charge in [0.05, 0.1) is 0 Å². The summed E-state index contributed by atoms with van der Waals surface area (Å²) in [6, 6.07) is -0.866. The average molecular weight is 296 g/mol. The summed E-state index contributed by atoms with van der Waals surface area (Å²) in [7, 11) is 0. The van der Waals surface area contributed by atoms with E-state index in [0.717, 1.165) is 4.90 Å². The van der Waals surface area contributed by atoms with E-state index in [1.54, 1.807) is 0 Å². The minimum Gasteiger partial charge on any atom is -0.480 e. The number of carbonyl (C=O) groups is 2. The van der Waals surface area contributed by atoms with E-state index < -0.39 is 30.3 Å². The van der Waals surface area contributed by atoms with Crippen LogP contribution in [0.5, 0.6) is 0 Å². The lowest BCUT2D eigenvalue weighted by Gasteiger charge is -2.43. The first-order valence-electron chi connectivity index (χ1n) is 6.48. The molecule has 1 rings (SSSR count). The second-order valence-corrected chi connectivity index (χ2v) is 5.10. The highest BCUT2D eigenvalue weighted by molar-refractivity contribution is 5.86. The molecule has 0 aliphatic carbocycles. The van der Waals surface area contributed by atoms with Gasteiger partial charge < -0.3 is 14.9 Å². The smallest absolute Gasteiger partial charge is 0.406 e. The van der Waals surface area contributed by atoms with Crippen molar-refractivity contribution in [2.45, 2.75) is 44.8 Å². The quantitative estimate of drug-likeness (QED) is 0.869. The molecule has 1 aliphatic rings. The van der Waals surface area contributed by atoms with E-state index in [1.165, 1.54) is 13.8 Å². The summed E-state index contributed by atoms with van der Waals surface area (Å²) >= 11 is 0. The van der Waals surface area contributed by atoms with Crippen LogP contribution in [0.25, 0.3) is 0 Å². The molecule has 0 spiro atoms. The summed E-state index contributed by atoms with van der Waals surface area (Å²) < 4.78 is 37.3. The van der Waals surface area contributed by atoms with Crippen LogP contribution in [-0.4, -0.2) is 58.3 Å². The Labute approximate surface area is 115 Å². The van der Waals surface area contributed by atoms with E-state index in [-0.39, 0.29) is 19.5 Å². The number of amides is 2. The summed E-state index contributed by atoms with van der Waals surface area (Å²) in [5, 5.41) is 9.27. The Morgan fingerprint density at radius 3 is 2.40 bits per heavy atom. The number of piperidine rings is 1. The van der Waals surface area contributed by atoms with Crippen LogP contribution in [0.15, 0.2) is 0 Å². The fourth-order valence-electron chi connectivity index (χ4n) is 2.35. The van der Waals surface area contributed by atoms with Gasteiger partial charge in [-0.15, -0.1) is 0 Å². The molecule has 20 heavy (non-hydrogen) atoms. The Morgan fingerprint density at radius 1 is 1.35 bits per heavy atom. The molecular formula is C12H19F3N2O3. The fourth-order valence-corrected chi connectivity index (χ4v) is 2.35. The largest absolute Gasteiger partial charge is 0.480 e. The van der Waals surface area contributed by atoms with Crippen molar-refractivity contribution >= 4 is 12.0 Å². The van der Waals surface area contributed by atoms with E-state index in [2.05, 4.69) is 0 Å². The summed E-state index contributed by atoms with van der Waals surface area (Å²) in [4.78, 5) is 25.2. The molecule has 0 bridgehead atoms. The number of hydrogen-bond donors (Lipinski definition) is 1. The van der Waals surface area contributed by atoms with Gasteiger partial charge in [-0.3, -0.25) is 0 Å². The SMILES string of the molecule is CCN(CC(F)(F)F)C(=O)N1CCCCC1(C)C(=O)O. The Balaban J connectivity index is 2.94. The lowest BCUT2D eigenvalue weighted by Crippen LogP contribution is -2.61. The number of rotatable bonds is 3. The molecule has 1 fully saturated rings. The Hall–Kier alpha value is -1.47. The van der Waals surface area contributed by atoms with E-state index >= 15 is 0 Å². The average Bonchev–Trinajstić information content (AvgIpc) is 2.34. The molecule has 0 radical (unpaired) electrons. The van der Waals surface area contributed by atoms with Crippen molar-refractivity contribution in [3.63, 3.8) is 0 Å². The van der Waals surface area contributed by atoms with Gasteiger partial charge in [-0.05, 0) is 33.1 Å². The van der Waals surface area contributed by atoms with Gasteiger partial charge in [-0.25, -0.2) is 9.59 Å². The molecule has 1 aliphatic heterocycles. The minimum absolute atomic E-state index is 0.120. The van der Waals surface area contributed by atoms with Gasteiger partial charge in [0.15, 0.2) is 0 Å². The zero-order chi connectivity index (χ0) is 15.6. The van der Waals surface area contributed by atoms with E-state index in [4.69, 9.17) is 0 Å².